The third-order valence-corrected chi connectivity index (χ3v) is 8.17. The van der Waals surface area contributed by atoms with Gasteiger partial charge in [-0.05, 0) is 65.4 Å². The van der Waals surface area contributed by atoms with Crippen molar-refractivity contribution in [1.82, 2.24) is 30.2 Å². The van der Waals surface area contributed by atoms with Gasteiger partial charge < -0.3 is 20.0 Å². The third kappa shape index (κ3) is 6.00. The number of alkyl halides is 2. The molecule has 2 atom stereocenters. The SMILES string of the molecule is CC(O)c1ccc(N2CCN(c3ccc(-c4ccc(C(F)(F)[C@](O)(Cn5cnnn5)c5ccc(F)cc5F)nc4)cc3)CC2)cn1. The molecule has 0 amide bonds. The molecule has 1 fully saturated rings. The lowest BCUT2D eigenvalue weighted by Gasteiger charge is -2.37. The zero-order valence-corrected chi connectivity index (χ0v) is 24.7. The average Bonchev–Trinajstić information content (AvgIpc) is 3.58. The number of aromatic nitrogens is 6. The molecule has 6 rings (SSSR count). The summed E-state index contributed by atoms with van der Waals surface area (Å²) in [6, 6.07) is 15.9. The zero-order valence-electron chi connectivity index (χ0n) is 24.7. The number of aliphatic hydroxyl groups is 2. The Morgan fingerprint density at radius 1 is 0.826 bits per heavy atom. The highest BCUT2D eigenvalue weighted by molar-refractivity contribution is 5.66. The van der Waals surface area contributed by atoms with Gasteiger partial charge in [0.15, 0.2) is 5.60 Å². The number of pyridine rings is 2. The molecule has 0 spiro atoms. The molecule has 2 N–H and O–H groups in total. The minimum absolute atomic E-state index is 0.422. The fraction of sp³-hybridized carbons (Fsp3) is 0.281. The van der Waals surface area contributed by atoms with Gasteiger partial charge in [-0.15, -0.1) is 5.10 Å². The van der Waals surface area contributed by atoms with Crippen molar-refractivity contribution in [3.05, 3.63) is 114 Å². The number of hydrogen-bond donors (Lipinski definition) is 2. The molecule has 4 heterocycles. The molecule has 0 aliphatic carbocycles. The van der Waals surface area contributed by atoms with Gasteiger partial charge in [0.25, 0.3) is 0 Å². The molecule has 1 aliphatic rings. The largest absolute Gasteiger partial charge is 0.387 e. The van der Waals surface area contributed by atoms with Crippen molar-refractivity contribution in [2.75, 3.05) is 36.0 Å². The van der Waals surface area contributed by atoms with Crippen LogP contribution < -0.4 is 9.80 Å². The number of halogens is 4. The van der Waals surface area contributed by atoms with Crippen molar-refractivity contribution in [3.8, 4) is 11.1 Å². The van der Waals surface area contributed by atoms with E-state index < -0.39 is 47.1 Å². The van der Waals surface area contributed by atoms with E-state index in [1.165, 1.54) is 12.3 Å². The number of tetrazole rings is 1. The van der Waals surface area contributed by atoms with E-state index >= 15 is 8.78 Å². The Bertz CT molecular complexity index is 1760. The Kier molecular flexibility index (Phi) is 8.40. The molecule has 2 aromatic carbocycles. The van der Waals surface area contributed by atoms with Gasteiger partial charge in [0.1, 0.15) is 23.7 Å². The van der Waals surface area contributed by atoms with Gasteiger partial charge in [0.2, 0.25) is 0 Å². The number of rotatable bonds is 9. The van der Waals surface area contributed by atoms with Gasteiger partial charge >= 0.3 is 5.92 Å². The summed E-state index contributed by atoms with van der Waals surface area (Å²) in [7, 11) is 0. The molecule has 5 aromatic rings. The van der Waals surface area contributed by atoms with Crippen LogP contribution in [0.4, 0.5) is 28.9 Å². The van der Waals surface area contributed by atoms with Crippen LogP contribution in [0.1, 0.15) is 30.0 Å². The summed E-state index contributed by atoms with van der Waals surface area (Å²) >= 11 is 0. The number of anilines is 2. The monoisotopic (exact) mass is 634 g/mol. The molecule has 0 saturated carbocycles. The number of nitrogens with zero attached hydrogens (tertiary/aromatic N) is 8. The first-order valence-corrected chi connectivity index (χ1v) is 14.5. The van der Waals surface area contributed by atoms with Crippen LogP contribution in [0.2, 0.25) is 0 Å². The predicted octanol–water partition coefficient (Wildman–Crippen LogP) is 4.47. The minimum Gasteiger partial charge on any atom is -0.387 e. The van der Waals surface area contributed by atoms with Crippen molar-refractivity contribution in [1.29, 1.82) is 0 Å². The molecule has 14 heteroatoms. The summed E-state index contributed by atoms with van der Waals surface area (Å²) in [6.45, 7) is 3.90. The first kappa shape index (κ1) is 31.0. The number of benzene rings is 2. The Balaban J connectivity index is 1.17. The van der Waals surface area contributed by atoms with Gasteiger partial charge in [-0.1, -0.05) is 18.2 Å². The molecule has 0 bridgehead atoms. The summed E-state index contributed by atoms with van der Waals surface area (Å²) in [5.41, 5.74) is -0.928. The van der Waals surface area contributed by atoms with Gasteiger partial charge in [-0.25, -0.2) is 13.5 Å². The molecular weight excluding hydrogens is 604 g/mol. The van der Waals surface area contributed by atoms with Crippen molar-refractivity contribution >= 4 is 11.4 Å². The minimum atomic E-state index is -4.14. The van der Waals surface area contributed by atoms with Crippen molar-refractivity contribution in [2.24, 2.45) is 0 Å². The lowest BCUT2D eigenvalue weighted by atomic mass is 9.84. The molecule has 1 unspecified atom stereocenters. The second-order valence-electron chi connectivity index (χ2n) is 11.1. The first-order chi connectivity index (χ1) is 22.0. The van der Waals surface area contributed by atoms with E-state index in [9.17, 15) is 19.0 Å². The van der Waals surface area contributed by atoms with Crippen LogP contribution in [-0.2, 0) is 18.1 Å². The highest BCUT2D eigenvalue weighted by Gasteiger charge is 2.58. The standard InChI is InChI=1S/C32H30F4N8O2/c1-21(45)29-10-8-26(18-37-29)43-14-12-42(13-15-43)25-6-2-22(3-7-25)23-4-11-30(38-17-23)32(35,36)31(46,19-44-20-39-40-41-44)27-9-5-24(33)16-28(27)34/h2-11,16-18,20-21,45-46H,12-15,19H2,1H3/t21?,31-/m0/s1. The molecule has 10 nitrogen and oxygen atoms in total. The lowest BCUT2D eigenvalue weighted by molar-refractivity contribution is -0.207. The molecular formula is C32H30F4N8O2. The summed E-state index contributed by atoms with van der Waals surface area (Å²) in [4.78, 5) is 12.8. The predicted molar refractivity (Wildman–Crippen MR) is 161 cm³/mol. The van der Waals surface area contributed by atoms with Crippen LogP contribution in [-0.4, -0.2) is 66.6 Å². The van der Waals surface area contributed by atoms with Crippen LogP contribution in [0.3, 0.4) is 0 Å². The van der Waals surface area contributed by atoms with E-state index in [0.717, 1.165) is 72.3 Å². The van der Waals surface area contributed by atoms with E-state index in [1.807, 2.05) is 36.4 Å². The molecule has 0 radical (unpaired) electrons. The van der Waals surface area contributed by atoms with E-state index in [2.05, 4.69) is 35.3 Å². The fourth-order valence-corrected chi connectivity index (χ4v) is 5.55. The Labute approximate surface area is 261 Å². The van der Waals surface area contributed by atoms with Crippen molar-refractivity contribution in [2.45, 2.75) is 31.1 Å². The van der Waals surface area contributed by atoms with Crippen LogP contribution in [0, 0.1) is 11.6 Å². The average molecular weight is 635 g/mol. The summed E-state index contributed by atoms with van der Waals surface area (Å²) < 4.78 is 61.3. The van der Waals surface area contributed by atoms with Crippen LogP contribution in [0.25, 0.3) is 11.1 Å². The number of hydrogen-bond acceptors (Lipinski definition) is 9. The maximum Gasteiger partial charge on any atom is 0.323 e. The van der Waals surface area contributed by atoms with E-state index in [-0.39, 0.29) is 0 Å². The van der Waals surface area contributed by atoms with Gasteiger partial charge in [-0.2, -0.15) is 8.78 Å². The van der Waals surface area contributed by atoms with E-state index in [0.29, 0.717) is 17.3 Å². The van der Waals surface area contributed by atoms with Crippen LogP contribution >= 0.6 is 0 Å². The molecule has 46 heavy (non-hydrogen) atoms. The maximum atomic E-state index is 16.1. The normalized spacial score (nSPS) is 15.9. The second-order valence-corrected chi connectivity index (χ2v) is 11.1. The highest BCUT2D eigenvalue weighted by Crippen LogP contribution is 2.47. The molecule has 3 aromatic heterocycles. The second kappa shape index (κ2) is 12.4. The van der Waals surface area contributed by atoms with Gasteiger partial charge in [-0.3, -0.25) is 9.97 Å². The number of piperazine rings is 1. The number of aliphatic hydroxyl groups excluding tert-OH is 1. The summed E-state index contributed by atoms with van der Waals surface area (Å²) in [5, 5.41) is 31.4. The third-order valence-electron chi connectivity index (χ3n) is 8.17. The van der Waals surface area contributed by atoms with Crippen molar-refractivity contribution in [3.63, 3.8) is 0 Å². The Morgan fingerprint density at radius 3 is 2.07 bits per heavy atom. The lowest BCUT2D eigenvalue weighted by Crippen LogP contribution is -2.48. The van der Waals surface area contributed by atoms with Crippen LogP contribution in [0.5, 0.6) is 0 Å². The van der Waals surface area contributed by atoms with Crippen molar-refractivity contribution < 1.29 is 27.8 Å². The van der Waals surface area contributed by atoms with Gasteiger partial charge in [0, 0.05) is 55.3 Å². The van der Waals surface area contributed by atoms with E-state index in [4.69, 9.17) is 0 Å². The highest BCUT2D eigenvalue weighted by atomic mass is 19.3. The quantitative estimate of drug-likeness (QED) is 0.227. The molecule has 1 saturated heterocycles. The maximum absolute atomic E-state index is 16.1. The zero-order chi connectivity index (χ0) is 32.5. The summed E-state index contributed by atoms with van der Waals surface area (Å²) in [6.07, 6.45) is 3.42. The Hall–Kier alpha value is -4.95. The fourth-order valence-electron chi connectivity index (χ4n) is 5.55. The van der Waals surface area contributed by atoms with Gasteiger partial charge in [0.05, 0.1) is 30.2 Å². The molecule has 1 aliphatic heterocycles. The van der Waals surface area contributed by atoms with Crippen LogP contribution in [0.15, 0.2) is 85.5 Å². The summed E-state index contributed by atoms with van der Waals surface area (Å²) in [5.74, 6) is -6.48. The topological polar surface area (TPSA) is 116 Å². The Morgan fingerprint density at radius 2 is 1.50 bits per heavy atom. The first-order valence-electron chi connectivity index (χ1n) is 14.5. The molecule has 238 valence electrons. The smallest absolute Gasteiger partial charge is 0.323 e. The van der Waals surface area contributed by atoms with E-state index in [1.54, 1.807) is 13.1 Å².